The molecule has 33 heavy (non-hydrogen) atoms. The van der Waals surface area contributed by atoms with Crippen LogP contribution >= 0.6 is 11.6 Å². The number of para-hydroxylation sites is 2. The quantitative estimate of drug-likeness (QED) is 0.479. The van der Waals surface area contributed by atoms with Gasteiger partial charge in [-0.25, -0.2) is 0 Å². The van der Waals surface area contributed by atoms with E-state index in [0.717, 1.165) is 11.1 Å². The van der Waals surface area contributed by atoms with Gasteiger partial charge in [-0.2, -0.15) is 0 Å². The summed E-state index contributed by atoms with van der Waals surface area (Å²) in [5.41, 5.74) is 1.71. The van der Waals surface area contributed by atoms with E-state index in [1.807, 2.05) is 54.6 Å². The van der Waals surface area contributed by atoms with E-state index in [-0.39, 0.29) is 31.5 Å². The SMILES string of the molecule is COc1ccccc1CNC(=O)[C@H](C)N(Cc1ccc(Cl)cc1)C(=O)COc1ccccc1. The molecule has 2 amide bonds. The van der Waals surface area contributed by atoms with Gasteiger partial charge >= 0.3 is 0 Å². The number of carbonyl (C=O) groups is 2. The Hall–Kier alpha value is -3.51. The number of methoxy groups -OCH3 is 1. The van der Waals surface area contributed by atoms with Gasteiger partial charge in [0.25, 0.3) is 5.91 Å². The summed E-state index contributed by atoms with van der Waals surface area (Å²) in [6.45, 7) is 2.06. The van der Waals surface area contributed by atoms with Crippen molar-refractivity contribution < 1.29 is 19.1 Å². The second kappa shape index (κ2) is 11.9. The van der Waals surface area contributed by atoms with Crippen molar-refractivity contribution in [1.29, 1.82) is 0 Å². The maximum atomic E-state index is 13.1. The molecule has 0 bridgehead atoms. The Kier molecular flexibility index (Phi) is 8.72. The first-order valence-electron chi connectivity index (χ1n) is 10.6. The van der Waals surface area contributed by atoms with Gasteiger partial charge in [0.15, 0.2) is 6.61 Å². The van der Waals surface area contributed by atoms with Gasteiger partial charge in [0, 0.05) is 23.7 Å². The molecule has 0 aliphatic heterocycles. The summed E-state index contributed by atoms with van der Waals surface area (Å²) in [6.07, 6.45) is 0. The molecule has 3 aromatic rings. The number of halogens is 1. The molecule has 0 heterocycles. The Morgan fingerprint density at radius 3 is 2.33 bits per heavy atom. The normalized spacial score (nSPS) is 11.4. The number of hydrogen-bond acceptors (Lipinski definition) is 4. The first-order chi connectivity index (χ1) is 16.0. The molecular formula is C26H27ClN2O4. The highest BCUT2D eigenvalue weighted by Gasteiger charge is 2.26. The summed E-state index contributed by atoms with van der Waals surface area (Å²) in [5.74, 6) is 0.707. The Balaban J connectivity index is 1.71. The molecule has 0 aliphatic rings. The second-order valence-corrected chi connectivity index (χ2v) is 7.89. The summed E-state index contributed by atoms with van der Waals surface area (Å²) >= 11 is 5.99. The highest BCUT2D eigenvalue weighted by Crippen LogP contribution is 2.18. The van der Waals surface area contributed by atoms with Crippen LogP contribution in [0.1, 0.15) is 18.1 Å². The summed E-state index contributed by atoms with van der Waals surface area (Å²) in [5, 5.41) is 3.51. The van der Waals surface area contributed by atoms with Gasteiger partial charge in [-0.1, -0.05) is 60.1 Å². The average molecular weight is 467 g/mol. The van der Waals surface area contributed by atoms with Crippen molar-refractivity contribution in [3.05, 3.63) is 95.0 Å². The van der Waals surface area contributed by atoms with Gasteiger partial charge in [-0.3, -0.25) is 9.59 Å². The Bertz CT molecular complexity index is 1060. The third kappa shape index (κ3) is 6.99. The minimum Gasteiger partial charge on any atom is -0.496 e. The zero-order valence-corrected chi connectivity index (χ0v) is 19.4. The highest BCUT2D eigenvalue weighted by molar-refractivity contribution is 6.30. The Morgan fingerprint density at radius 1 is 0.970 bits per heavy atom. The molecule has 0 saturated heterocycles. The predicted molar refractivity (Wildman–Crippen MR) is 128 cm³/mol. The molecular weight excluding hydrogens is 440 g/mol. The molecule has 0 aromatic heterocycles. The van der Waals surface area contributed by atoms with Crippen LogP contribution in [0.4, 0.5) is 0 Å². The number of hydrogen-bond donors (Lipinski definition) is 1. The Morgan fingerprint density at radius 2 is 1.64 bits per heavy atom. The van der Waals surface area contributed by atoms with Crippen molar-refractivity contribution in [3.63, 3.8) is 0 Å². The van der Waals surface area contributed by atoms with Gasteiger partial charge < -0.3 is 19.7 Å². The topological polar surface area (TPSA) is 67.9 Å². The molecule has 7 heteroatoms. The smallest absolute Gasteiger partial charge is 0.261 e. The van der Waals surface area contributed by atoms with E-state index in [1.54, 1.807) is 38.3 Å². The molecule has 1 atom stereocenters. The van der Waals surface area contributed by atoms with Crippen molar-refractivity contribution in [1.82, 2.24) is 10.2 Å². The lowest BCUT2D eigenvalue weighted by atomic mass is 10.1. The zero-order chi connectivity index (χ0) is 23.6. The van der Waals surface area contributed by atoms with Crippen LogP contribution in [0.25, 0.3) is 0 Å². The third-order valence-electron chi connectivity index (χ3n) is 5.18. The summed E-state index contributed by atoms with van der Waals surface area (Å²) < 4.78 is 11.0. The fourth-order valence-corrected chi connectivity index (χ4v) is 3.42. The van der Waals surface area contributed by atoms with Crippen LogP contribution in [0.3, 0.4) is 0 Å². The number of benzene rings is 3. The first-order valence-corrected chi connectivity index (χ1v) is 11.0. The van der Waals surface area contributed by atoms with Crippen molar-refractivity contribution in [2.75, 3.05) is 13.7 Å². The van der Waals surface area contributed by atoms with Crippen LogP contribution < -0.4 is 14.8 Å². The first kappa shape index (κ1) is 24.1. The van der Waals surface area contributed by atoms with Crippen LogP contribution in [0.5, 0.6) is 11.5 Å². The molecule has 0 spiro atoms. The monoisotopic (exact) mass is 466 g/mol. The number of nitrogens with one attached hydrogen (secondary N) is 1. The van der Waals surface area contributed by atoms with Crippen molar-refractivity contribution in [3.8, 4) is 11.5 Å². The molecule has 0 fully saturated rings. The fraction of sp³-hybridized carbons (Fsp3) is 0.231. The second-order valence-electron chi connectivity index (χ2n) is 7.46. The van der Waals surface area contributed by atoms with Crippen molar-refractivity contribution in [2.24, 2.45) is 0 Å². The van der Waals surface area contributed by atoms with Crippen LogP contribution in [-0.4, -0.2) is 36.5 Å². The van der Waals surface area contributed by atoms with Crippen molar-refractivity contribution in [2.45, 2.75) is 26.1 Å². The molecule has 3 aromatic carbocycles. The van der Waals surface area contributed by atoms with Crippen LogP contribution in [0.2, 0.25) is 5.02 Å². The number of ether oxygens (including phenoxy) is 2. The molecule has 0 saturated carbocycles. The molecule has 6 nitrogen and oxygen atoms in total. The highest BCUT2D eigenvalue weighted by atomic mass is 35.5. The fourth-order valence-electron chi connectivity index (χ4n) is 3.29. The van der Waals surface area contributed by atoms with Gasteiger partial charge in [0.1, 0.15) is 17.5 Å². The lowest BCUT2D eigenvalue weighted by Crippen LogP contribution is -2.48. The standard InChI is InChI=1S/C26H27ClN2O4/c1-19(26(31)28-16-21-8-6-7-11-24(21)32-2)29(17-20-12-14-22(27)15-13-20)25(30)18-33-23-9-4-3-5-10-23/h3-15,19H,16-18H2,1-2H3,(H,28,31)/t19-/m0/s1. The number of rotatable bonds is 10. The molecule has 0 radical (unpaired) electrons. The van der Waals surface area contributed by atoms with E-state index in [9.17, 15) is 9.59 Å². The number of nitrogens with zero attached hydrogens (tertiary/aromatic N) is 1. The largest absolute Gasteiger partial charge is 0.496 e. The van der Waals surface area contributed by atoms with Gasteiger partial charge in [0.05, 0.1) is 7.11 Å². The van der Waals surface area contributed by atoms with Crippen LogP contribution in [-0.2, 0) is 22.7 Å². The summed E-state index contributed by atoms with van der Waals surface area (Å²) in [4.78, 5) is 27.6. The minimum absolute atomic E-state index is 0.179. The van der Waals surface area contributed by atoms with Gasteiger partial charge in [0.2, 0.25) is 5.91 Å². The molecule has 172 valence electrons. The number of amides is 2. The van der Waals surface area contributed by atoms with Crippen molar-refractivity contribution >= 4 is 23.4 Å². The average Bonchev–Trinajstić information content (AvgIpc) is 2.85. The summed E-state index contributed by atoms with van der Waals surface area (Å²) in [7, 11) is 1.59. The van der Waals surface area contributed by atoms with E-state index in [0.29, 0.717) is 16.5 Å². The maximum Gasteiger partial charge on any atom is 0.261 e. The Labute approximate surface area is 199 Å². The van der Waals surface area contributed by atoms with E-state index in [1.165, 1.54) is 4.90 Å². The van der Waals surface area contributed by atoms with E-state index in [2.05, 4.69) is 5.32 Å². The van der Waals surface area contributed by atoms with E-state index in [4.69, 9.17) is 21.1 Å². The van der Waals surface area contributed by atoms with E-state index >= 15 is 0 Å². The molecule has 3 rings (SSSR count). The molecule has 0 unspecified atom stereocenters. The molecule has 0 aliphatic carbocycles. The van der Waals surface area contributed by atoms with Gasteiger partial charge in [-0.15, -0.1) is 0 Å². The number of carbonyl (C=O) groups excluding carboxylic acids is 2. The van der Waals surface area contributed by atoms with Crippen LogP contribution in [0.15, 0.2) is 78.9 Å². The molecule has 1 N–H and O–H groups in total. The zero-order valence-electron chi connectivity index (χ0n) is 18.7. The van der Waals surface area contributed by atoms with Gasteiger partial charge in [-0.05, 0) is 42.8 Å². The lowest BCUT2D eigenvalue weighted by Gasteiger charge is -2.29. The predicted octanol–water partition coefficient (Wildman–Crippen LogP) is 4.46. The van der Waals surface area contributed by atoms with Crippen LogP contribution in [0, 0.1) is 0 Å². The lowest BCUT2D eigenvalue weighted by molar-refractivity contribution is -0.142. The van der Waals surface area contributed by atoms with E-state index < -0.39 is 6.04 Å². The summed E-state index contributed by atoms with van der Waals surface area (Å²) in [6, 6.07) is 23.0. The minimum atomic E-state index is -0.720. The maximum absolute atomic E-state index is 13.1. The third-order valence-corrected chi connectivity index (χ3v) is 5.44.